The van der Waals surface area contributed by atoms with Crippen LogP contribution in [0.15, 0.2) is 24.3 Å². The smallest absolute Gasteiger partial charge is 0.358 e. The van der Waals surface area contributed by atoms with E-state index in [2.05, 4.69) is 0 Å². The second kappa shape index (κ2) is 1.15. The third-order valence-electron chi connectivity index (χ3n) is 1.50. The summed E-state index contributed by atoms with van der Waals surface area (Å²) in [5, 5.41) is 8.95. The largest absolute Gasteiger partial charge is 0.443 e. The first-order valence-electron chi connectivity index (χ1n) is 2.66. The van der Waals surface area contributed by atoms with E-state index >= 15 is 0 Å². The van der Waals surface area contributed by atoms with Crippen LogP contribution in [0.3, 0.4) is 0 Å². The van der Waals surface area contributed by atoms with Gasteiger partial charge in [-0.25, -0.2) is 0 Å². The molecule has 0 fully saturated rings. The van der Waals surface area contributed by atoms with Crippen molar-refractivity contribution in [2.45, 2.75) is 0 Å². The summed E-state index contributed by atoms with van der Waals surface area (Å²) in [4.78, 5) is 0. The van der Waals surface area contributed by atoms with Gasteiger partial charge in [0.1, 0.15) is 0 Å². The van der Waals surface area contributed by atoms with Crippen molar-refractivity contribution in [3.8, 4) is 0 Å². The molecule has 38 valence electrons. The van der Waals surface area contributed by atoms with Crippen LogP contribution >= 0.6 is 0 Å². The Labute approximate surface area is 48.1 Å². The molecule has 1 heterocycles. The van der Waals surface area contributed by atoms with Gasteiger partial charge >= 0.3 is 6.92 Å². The van der Waals surface area contributed by atoms with Gasteiger partial charge in [0.15, 0.2) is 0 Å². The summed E-state index contributed by atoms with van der Waals surface area (Å²) in [5.74, 6) is 0. The molecule has 0 aliphatic carbocycles. The maximum atomic E-state index is 8.95. The van der Waals surface area contributed by atoms with Crippen LogP contribution in [0.25, 0.3) is 0 Å². The lowest BCUT2D eigenvalue weighted by molar-refractivity contribution is 0.609. The summed E-state index contributed by atoms with van der Waals surface area (Å²) in [5.41, 5.74) is 2.18. The molecular formula is C6H5BO. The van der Waals surface area contributed by atoms with Crippen LogP contribution < -0.4 is 10.9 Å². The Morgan fingerprint density at radius 3 is 2.00 bits per heavy atom. The molecule has 0 aromatic heterocycles. The van der Waals surface area contributed by atoms with Crippen LogP contribution in [0.2, 0.25) is 0 Å². The Hall–Kier alpha value is -0.755. The highest BCUT2D eigenvalue weighted by Crippen LogP contribution is 1.95. The zero-order valence-electron chi connectivity index (χ0n) is 4.33. The predicted molar refractivity (Wildman–Crippen MR) is 33.7 cm³/mol. The van der Waals surface area contributed by atoms with Crippen molar-refractivity contribution in [3.05, 3.63) is 24.3 Å². The highest BCUT2D eigenvalue weighted by molar-refractivity contribution is 6.97. The van der Waals surface area contributed by atoms with Crippen molar-refractivity contribution in [2.24, 2.45) is 0 Å². The van der Waals surface area contributed by atoms with Gasteiger partial charge in [-0.15, -0.1) is 0 Å². The Morgan fingerprint density at radius 2 is 1.62 bits per heavy atom. The average Bonchev–Trinajstić information content (AvgIpc) is 2.46. The summed E-state index contributed by atoms with van der Waals surface area (Å²) < 4.78 is 0. The number of fused-ring (bicyclic) bond motifs is 1. The minimum absolute atomic E-state index is 0.231. The van der Waals surface area contributed by atoms with Crippen molar-refractivity contribution in [2.75, 3.05) is 0 Å². The van der Waals surface area contributed by atoms with Crippen molar-refractivity contribution in [1.29, 1.82) is 0 Å². The van der Waals surface area contributed by atoms with Crippen molar-refractivity contribution in [3.63, 3.8) is 0 Å². The summed E-state index contributed by atoms with van der Waals surface area (Å²) in [6.07, 6.45) is 0. The van der Waals surface area contributed by atoms with E-state index < -0.39 is 0 Å². The third-order valence-corrected chi connectivity index (χ3v) is 1.50. The van der Waals surface area contributed by atoms with Gasteiger partial charge in [0.05, 0.1) is 0 Å². The molecule has 1 aliphatic heterocycles. The third kappa shape index (κ3) is 0.358. The predicted octanol–water partition coefficient (Wildman–Crippen LogP) is -0.902. The monoisotopic (exact) mass is 104 g/mol. The molecule has 0 radical (unpaired) electrons. The number of hydrogen-bond acceptors (Lipinski definition) is 1. The van der Waals surface area contributed by atoms with Gasteiger partial charge in [0.25, 0.3) is 0 Å². The molecule has 2 heteroatoms. The molecule has 0 spiro atoms. The van der Waals surface area contributed by atoms with Gasteiger partial charge in [-0.3, -0.25) is 0 Å². The van der Waals surface area contributed by atoms with Crippen LogP contribution in [0.4, 0.5) is 0 Å². The van der Waals surface area contributed by atoms with Crippen molar-refractivity contribution in [1.82, 2.24) is 0 Å². The van der Waals surface area contributed by atoms with Crippen LogP contribution in [0.1, 0.15) is 0 Å². The first-order chi connectivity index (χ1) is 3.89. The number of hydrogen-bond donors (Lipinski definition) is 1. The van der Waals surface area contributed by atoms with Gasteiger partial charge in [-0.2, -0.15) is 0 Å². The second-order valence-corrected chi connectivity index (χ2v) is 2.03. The topological polar surface area (TPSA) is 20.2 Å². The maximum absolute atomic E-state index is 8.95. The zero-order valence-corrected chi connectivity index (χ0v) is 4.33. The Morgan fingerprint density at radius 1 is 1.12 bits per heavy atom. The molecular weight excluding hydrogens is 98.9 g/mol. The summed E-state index contributed by atoms with van der Waals surface area (Å²) in [6, 6.07) is 7.77. The molecule has 1 nitrogen and oxygen atoms in total. The Kier molecular flexibility index (Phi) is 0.595. The first kappa shape index (κ1) is 4.16. The van der Waals surface area contributed by atoms with Gasteiger partial charge < -0.3 is 5.02 Å². The lowest BCUT2D eigenvalue weighted by atomic mass is 9.88. The van der Waals surface area contributed by atoms with Crippen LogP contribution in [-0.2, 0) is 0 Å². The van der Waals surface area contributed by atoms with E-state index in [9.17, 15) is 0 Å². The van der Waals surface area contributed by atoms with E-state index in [1.807, 2.05) is 24.3 Å². The van der Waals surface area contributed by atoms with Crippen LogP contribution in [0.5, 0.6) is 0 Å². The molecule has 1 N–H and O–H groups in total. The molecule has 0 bridgehead atoms. The lowest BCUT2D eigenvalue weighted by Gasteiger charge is -1.69. The zero-order chi connectivity index (χ0) is 5.56. The molecule has 0 unspecified atom stereocenters. The van der Waals surface area contributed by atoms with E-state index in [1.54, 1.807) is 0 Å². The van der Waals surface area contributed by atoms with E-state index in [4.69, 9.17) is 5.02 Å². The standard InChI is InChI=1S/C6H5BO/c8-7-5-3-1-2-4-6(5)7/h1-4,8H. The first-order valence-corrected chi connectivity index (χ1v) is 2.66. The normalized spacial score (nSPS) is 13.4. The SMILES string of the molecule is OB1c2ccccc21. The minimum atomic E-state index is -0.231. The highest BCUT2D eigenvalue weighted by Gasteiger charge is 2.34. The Balaban J connectivity index is 2.58. The fourth-order valence-electron chi connectivity index (χ4n) is 0.936. The molecule has 0 atom stereocenters. The molecule has 1 aromatic carbocycles. The number of benzene rings is 1. The fraction of sp³-hybridized carbons (Fsp3) is 0. The van der Waals surface area contributed by atoms with Crippen LogP contribution in [0, 0.1) is 0 Å². The minimum Gasteiger partial charge on any atom is -0.443 e. The van der Waals surface area contributed by atoms with Gasteiger partial charge in [-0.05, 0) is 10.9 Å². The maximum Gasteiger partial charge on any atom is 0.358 e. The summed E-state index contributed by atoms with van der Waals surface area (Å²) in [6.45, 7) is -0.231. The van der Waals surface area contributed by atoms with Crippen molar-refractivity contribution < 1.29 is 5.02 Å². The molecule has 8 heavy (non-hydrogen) atoms. The lowest BCUT2D eigenvalue weighted by Crippen LogP contribution is -2.00. The molecule has 0 saturated carbocycles. The average molecular weight is 104 g/mol. The van der Waals surface area contributed by atoms with E-state index in [-0.39, 0.29) is 6.92 Å². The van der Waals surface area contributed by atoms with Gasteiger partial charge in [-0.1, -0.05) is 24.3 Å². The number of rotatable bonds is 0. The summed E-state index contributed by atoms with van der Waals surface area (Å²) in [7, 11) is 0. The molecule has 1 aromatic rings. The summed E-state index contributed by atoms with van der Waals surface area (Å²) >= 11 is 0. The van der Waals surface area contributed by atoms with Crippen molar-refractivity contribution >= 4 is 17.8 Å². The van der Waals surface area contributed by atoms with E-state index in [0.717, 1.165) is 10.9 Å². The van der Waals surface area contributed by atoms with E-state index in [0.29, 0.717) is 0 Å². The van der Waals surface area contributed by atoms with Gasteiger partial charge in [0.2, 0.25) is 0 Å². The van der Waals surface area contributed by atoms with Gasteiger partial charge in [0, 0.05) is 0 Å². The fourth-order valence-corrected chi connectivity index (χ4v) is 0.936. The molecule has 0 amide bonds. The quantitative estimate of drug-likeness (QED) is 0.423. The highest BCUT2D eigenvalue weighted by atomic mass is 16.2. The Bertz CT molecular complexity index is 199. The van der Waals surface area contributed by atoms with Crippen LogP contribution in [-0.4, -0.2) is 11.9 Å². The van der Waals surface area contributed by atoms with E-state index in [1.165, 1.54) is 0 Å². The second-order valence-electron chi connectivity index (χ2n) is 2.03. The molecule has 2 rings (SSSR count). The molecule has 1 aliphatic rings. The molecule has 0 saturated heterocycles.